The molecule has 88 valence electrons. The van der Waals surface area contributed by atoms with E-state index in [2.05, 4.69) is 10.3 Å². The van der Waals surface area contributed by atoms with Gasteiger partial charge in [0.05, 0.1) is 10.6 Å². The van der Waals surface area contributed by atoms with Crippen LogP contribution < -0.4 is 11.1 Å². The maximum Gasteiger partial charge on any atom is 0.252 e. The molecular weight excluding hydrogens is 246 g/mol. The zero-order chi connectivity index (χ0) is 12.1. The maximum absolute atomic E-state index is 11.7. The molecule has 16 heavy (non-hydrogen) atoms. The number of nitrogens with one attached hydrogen (secondary N) is 1. The van der Waals surface area contributed by atoms with E-state index in [1.807, 2.05) is 13.2 Å². The Morgan fingerprint density at radius 1 is 1.75 bits per heavy atom. The van der Waals surface area contributed by atoms with Gasteiger partial charge in [0.25, 0.3) is 5.91 Å². The lowest BCUT2D eigenvalue weighted by atomic mass is 10.2. The second kappa shape index (κ2) is 5.96. The molecule has 0 aliphatic heterocycles. The fourth-order valence-electron chi connectivity index (χ4n) is 0.994. The van der Waals surface area contributed by atoms with Gasteiger partial charge in [-0.25, -0.2) is 4.98 Å². The largest absolute Gasteiger partial charge is 0.382 e. The third-order valence-electron chi connectivity index (χ3n) is 2.08. The van der Waals surface area contributed by atoms with E-state index in [9.17, 15) is 4.79 Å². The maximum atomic E-state index is 11.7. The highest BCUT2D eigenvalue weighted by Crippen LogP contribution is 2.16. The molecule has 0 bridgehead atoms. The highest BCUT2D eigenvalue weighted by atomic mass is 35.5. The van der Waals surface area contributed by atoms with Gasteiger partial charge in [-0.2, -0.15) is 11.8 Å². The van der Waals surface area contributed by atoms with Gasteiger partial charge in [0.15, 0.2) is 0 Å². The standard InChI is InChI=1S/C10H14ClN3OS/c1-6(16-2)4-14-10(15)7-3-8(11)9(12)13-5-7/h3,5-6H,4H2,1-2H3,(H2,12,13)(H,14,15). The van der Waals surface area contributed by atoms with Crippen molar-refractivity contribution in [1.29, 1.82) is 0 Å². The summed E-state index contributed by atoms with van der Waals surface area (Å²) in [7, 11) is 0. The molecule has 0 aliphatic rings. The van der Waals surface area contributed by atoms with Gasteiger partial charge in [-0.15, -0.1) is 0 Å². The number of amides is 1. The lowest BCUT2D eigenvalue weighted by Gasteiger charge is -2.09. The van der Waals surface area contributed by atoms with E-state index in [0.717, 1.165) is 0 Å². The van der Waals surface area contributed by atoms with E-state index >= 15 is 0 Å². The highest BCUT2D eigenvalue weighted by Gasteiger charge is 2.09. The molecule has 1 aromatic heterocycles. The third kappa shape index (κ3) is 3.57. The number of carbonyl (C=O) groups is 1. The van der Waals surface area contributed by atoms with Gasteiger partial charge in [0.1, 0.15) is 5.82 Å². The fourth-order valence-corrected chi connectivity index (χ4v) is 1.41. The number of carbonyl (C=O) groups excluding carboxylic acids is 1. The number of hydrogen-bond donors (Lipinski definition) is 2. The molecule has 0 saturated carbocycles. The van der Waals surface area contributed by atoms with Crippen molar-refractivity contribution in [1.82, 2.24) is 10.3 Å². The number of aromatic nitrogens is 1. The van der Waals surface area contributed by atoms with Gasteiger partial charge in [0.2, 0.25) is 0 Å². The van der Waals surface area contributed by atoms with Gasteiger partial charge in [-0.1, -0.05) is 18.5 Å². The smallest absolute Gasteiger partial charge is 0.252 e. The average molecular weight is 260 g/mol. The van der Waals surface area contributed by atoms with Crippen LogP contribution in [0.2, 0.25) is 5.02 Å². The van der Waals surface area contributed by atoms with Crippen molar-refractivity contribution in [2.75, 3.05) is 18.5 Å². The molecule has 0 fully saturated rings. The van der Waals surface area contributed by atoms with E-state index in [4.69, 9.17) is 17.3 Å². The van der Waals surface area contributed by atoms with E-state index in [0.29, 0.717) is 22.4 Å². The van der Waals surface area contributed by atoms with E-state index in [-0.39, 0.29) is 11.7 Å². The van der Waals surface area contributed by atoms with Crippen LogP contribution in [-0.4, -0.2) is 28.9 Å². The summed E-state index contributed by atoms with van der Waals surface area (Å²) in [4.78, 5) is 15.5. The third-order valence-corrected chi connectivity index (χ3v) is 3.36. The summed E-state index contributed by atoms with van der Waals surface area (Å²) in [5.74, 6) is 0.0472. The first-order chi connectivity index (χ1) is 7.54. The van der Waals surface area contributed by atoms with Crippen molar-refractivity contribution < 1.29 is 4.79 Å². The van der Waals surface area contributed by atoms with Crippen LogP contribution in [0.4, 0.5) is 5.82 Å². The lowest BCUT2D eigenvalue weighted by Crippen LogP contribution is -2.29. The molecule has 1 aromatic rings. The minimum atomic E-state index is -0.185. The van der Waals surface area contributed by atoms with Crippen LogP contribution in [0.15, 0.2) is 12.3 Å². The fraction of sp³-hybridized carbons (Fsp3) is 0.400. The van der Waals surface area contributed by atoms with Crippen molar-refractivity contribution in [3.63, 3.8) is 0 Å². The van der Waals surface area contributed by atoms with Gasteiger partial charge >= 0.3 is 0 Å². The van der Waals surface area contributed by atoms with Crippen molar-refractivity contribution in [2.24, 2.45) is 0 Å². The van der Waals surface area contributed by atoms with Crippen LogP contribution in [-0.2, 0) is 0 Å². The summed E-state index contributed by atoms with van der Waals surface area (Å²) in [6.45, 7) is 2.65. The number of hydrogen-bond acceptors (Lipinski definition) is 4. The first kappa shape index (κ1) is 13.1. The topological polar surface area (TPSA) is 68.0 Å². The Bertz CT molecular complexity index is 386. The Balaban J connectivity index is 2.63. The number of nitrogens with zero attached hydrogens (tertiary/aromatic N) is 1. The summed E-state index contributed by atoms with van der Waals surface area (Å²) in [5, 5.41) is 3.47. The molecular formula is C10H14ClN3OS. The molecule has 0 aliphatic carbocycles. The first-order valence-electron chi connectivity index (χ1n) is 4.76. The summed E-state index contributed by atoms with van der Waals surface area (Å²) in [6.07, 6.45) is 3.42. The van der Waals surface area contributed by atoms with Crippen molar-refractivity contribution >= 4 is 35.1 Å². The van der Waals surface area contributed by atoms with E-state index in [1.54, 1.807) is 11.8 Å². The highest BCUT2D eigenvalue weighted by molar-refractivity contribution is 7.99. The molecule has 1 atom stereocenters. The normalized spacial score (nSPS) is 12.2. The van der Waals surface area contributed by atoms with Crippen molar-refractivity contribution in [3.8, 4) is 0 Å². The second-order valence-electron chi connectivity index (χ2n) is 3.35. The average Bonchev–Trinajstić information content (AvgIpc) is 2.29. The molecule has 0 saturated heterocycles. The van der Waals surface area contributed by atoms with Gasteiger partial charge < -0.3 is 11.1 Å². The Labute approximate surface area is 104 Å². The van der Waals surface area contributed by atoms with E-state index < -0.39 is 0 Å². The number of halogens is 1. The molecule has 0 aromatic carbocycles. The molecule has 3 N–H and O–H groups in total. The predicted octanol–water partition coefficient (Wildman–Crippen LogP) is 1.80. The summed E-state index contributed by atoms with van der Waals surface area (Å²) < 4.78 is 0. The lowest BCUT2D eigenvalue weighted by molar-refractivity contribution is 0.0954. The predicted molar refractivity (Wildman–Crippen MR) is 69.0 cm³/mol. The van der Waals surface area contributed by atoms with Crippen LogP contribution in [0.3, 0.4) is 0 Å². The number of nitrogen functional groups attached to an aromatic ring is 1. The molecule has 1 amide bonds. The molecule has 1 rings (SSSR count). The molecule has 1 heterocycles. The Morgan fingerprint density at radius 3 is 3.00 bits per heavy atom. The van der Waals surface area contributed by atoms with Gasteiger partial charge in [-0.05, 0) is 12.3 Å². The quantitative estimate of drug-likeness (QED) is 0.865. The van der Waals surface area contributed by atoms with Gasteiger partial charge in [0, 0.05) is 18.0 Å². The number of nitrogens with two attached hydrogens (primary N) is 1. The van der Waals surface area contributed by atoms with Crippen LogP contribution >= 0.6 is 23.4 Å². The SMILES string of the molecule is CSC(C)CNC(=O)c1cnc(N)c(Cl)c1. The molecule has 0 spiro atoms. The number of pyridine rings is 1. The first-order valence-corrected chi connectivity index (χ1v) is 6.43. The summed E-state index contributed by atoms with van der Waals surface area (Å²) >= 11 is 7.47. The second-order valence-corrected chi connectivity index (χ2v) is 5.03. The zero-order valence-corrected chi connectivity index (χ0v) is 10.7. The molecule has 1 unspecified atom stereocenters. The monoisotopic (exact) mass is 259 g/mol. The number of rotatable bonds is 4. The Kier molecular flexibility index (Phi) is 4.89. The minimum absolute atomic E-state index is 0.185. The Morgan fingerprint density at radius 2 is 2.44 bits per heavy atom. The van der Waals surface area contributed by atoms with Gasteiger partial charge in [-0.3, -0.25) is 4.79 Å². The summed E-state index contributed by atoms with van der Waals surface area (Å²) in [5.41, 5.74) is 5.88. The number of thioether (sulfide) groups is 1. The minimum Gasteiger partial charge on any atom is -0.382 e. The van der Waals surface area contributed by atoms with E-state index in [1.165, 1.54) is 12.3 Å². The summed E-state index contributed by atoms with van der Waals surface area (Å²) in [6, 6.07) is 1.52. The van der Waals surface area contributed by atoms with Crippen molar-refractivity contribution in [3.05, 3.63) is 22.8 Å². The number of anilines is 1. The van der Waals surface area contributed by atoms with Crippen LogP contribution in [0, 0.1) is 0 Å². The zero-order valence-electron chi connectivity index (χ0n) is 9.16. The Hall–Kier alpha value is -0.940. The van der Waals surface area contributed by atoms with Crippen LogP contribution in [0.5, 0.6) is 0 Å². The molecule has 0 radical (unpaired) electrons. The van der Waals surface area contributed by atoms with Crippen molar-refractivity contribution in [2.45, 2.75) is 12.2 Å². The van der Waals surface area contributed by atoms with Crippen LogP contribution in [0.1, 0.15) is 17.3 Å². The molecule has 6 heteroatoms. The molecule has 4 nitrogen and oxygen atoms in total. The van der Waals surface area contributed by atoms with Crippen LogP contribution in [0.25, 0.3) is 0 Å².